The molecule has 23 heavy (non-hydrogen) atoms. The fourth-order valence-corrected chi connectivity index (χ4v) is 4.43. The smallest absolute Gasteiger partial charge is 0.244 e. The van der Waals surface area contributed by atoms with Gasteiger partial charge in [-0.1, -0.05) is 23.7 Å². The third-order valence-corrected chi connectivity index (χ3v) is 6.26. The van der Waals surface area contributed by atoms with Gasteiger partial charge in [-0.05, 0) is 25.1 Å². The van der Waals surface area contributed by atoms with Crippen LogP contribution in [-0.2, 0) is 14.8 Å². The fraction of sp³-hybridized carbons (Fsp3) is 0.533. The molecule has 2 rings (SSSR count). The molecule has 1 aromatic rings. The SMILES string of the molecule is CN(C)C(=O)CN1CCCN(S(=O)(=O)c2ccccc2Cl)CC1. The molecule has 1 aliphatic heterocycles. The summed E-state index contributed by atoms with van der Waals surface area (Å²) in [6.45, 7) is 2.33. The van der Waals surface area contributed by atoms with E-state index in [-0.39, 0.29) is 15.8 Å². The van der Waals surface area contributed by atoms with E-state index in [1.807, 2.05) is 4.90 Å². The molecule has 0 atom stereocenters. The molecule has 0 unspecified atom stereocenters. The van der Waals surface area contributed by atoms with Crippen LogP contribution in [0, 0.1) is 0 Å². The molecule has 0 N–H and O–H groups in total. The van der Waals surface area contributed by atoms with Crippen molar-refractivity contribution in [1.29, 1.82) is 0 Å². The van der Waals surface area contributed by atoms with Crippen LogP contribution in [-0.4, -0.2) is 75.2 Å². The van der Waals surface area contributed by atoms with Crippen LogP contribution in [0.3, 0.4) is 0 Å². The van der Waals surface area contributed by atoms with E-state index in [9.17, 15) is 13.2 Å². The molecule has 6 nitrogen and oxygen atoms in total. The van der Waals surface area contributed by atoms with Gasteiger partial charge in [-0.3, -0.25) is 9.69 Å². The number of hydrogen-bond donors (Lipinski definition) is 0. The van der Waals surface area contributed by atoms with Crippen LogP contribution < -0.4 is 0 Å². The second kappa shape index (κ2) is 7.61. The standard InChI is InChI=1S/C15H22ClN3O3S/c1-17(2)15(20)12-18-8-5-9-19(11-10-18)23(21,22)14-7-4-3-6-13(14)16/h3-4,6-7H,5,8-12H2,1-2H3. The van der Waals surface area contributed by atoms with Gasteiger partial charge in [-0.2, -0.15) is 4.31 Å². The summed E-state index contributed by atoms with van der Waals surface area (Å²) in [7, 11) is -0.172. The lowest BCUT2D eigenvalue weighted by atomic mass is 10.4. The summed E-state index contributed by atoms with van der Waals surface area (Å²) < 4.78 is 26.9. The zero-order valence-electron chi connectivity index (χ0n) is 13.4. The summed E-state index contributed by atoms with van der Waals surface area (Å²) >= 11 is 6.03. The number of halogens is 1. The van der Waals surface area contributed by atoms with Crippen molar-refractivity contribution < 1.29 is 13.2 Å². The number of sulfonamides is 1. The second-order valence-corrected chi connectivity index (χ2v) is 8.07. The fourth-order valence-electron chi connectivity index (χ4n) is 2.47. The summed E-state index contributed by atoms with van der Waals surface area (Å²) in [4.78, 5) is 15.5. The number of nitrogens with zero attached hydrogens (tertiary/aromatic N) is 3. The maximum atomic E-state index is 12.7. The van der Waals surface area contributed by atoms with Crippen molar-refractivity contribution in [3.8, 4) is 0 Å². The number of carbonyl (C=O) groups is 1. The largest absolute Gasteiger partial charge is 0.348 e. The monoisotopic (exact) mass is 359 g/mol. The highest BCUT2D eigenvalue weighted by atomic mass is 35.5. The first kappa shape index (κ1) is 18.2. The van der Waals surface area contributed by atoms with E-state index in [0.717, 1.165) is 0 Å². The number of hydrogen-bond acceptors (Lipinski definition) is 4. The molecule has 0 aromatic heterocycles. The average Bonchev–Trinajstić information content (AvgIpc) is 2.73. The average molecular weight is 360 g/mol. The molecule has 8 heteroatoms. The quantitative estimate of drug-likeness (QED) is 0.808. The Labute approximate surface area is 142 Å². The lowest BCUT2D eigenvalue weighted by molar-refractivity contribution is -0.129. The summed E-state index contributed by atoms with van der Waals surface area (Å²) in [6.07, 6.45) is 0.685. The van der Waals surface area contributed by atoms with E-state index in [0.29, 0.717) is 39.1 Å². The lowest BCUT2D eigenvalue weighted by Crippen LogP contribution is -2.39. The number of benzene rings is 1. The van der Waals surface area contributed by atoms with Crippen LogP contribution in [0.5, 0.6) is 0 Å². The molecule has 0 bridgehead atoms. The van der Waals surface area contributed by atoms with Crippen LogP contribution in [0.2, 0.25) is 5.02 Å². The maximum Gasteiger partial charge on any atom is 0.244 e. The molecule has 0 spiro atoms. The summed E-state index contributed by atoms with van der Waals surface area (Å²) in [6, 6.07) is 6.47. The maximum absolute atomic E-state index is 12.7. The van der Waals surface area contributed by atoms with Crippen molar-refractivity contribution >= 4 is 27.5 Å². The zero-order chi connectivity index (χ0) is 17.0. The van der Waals surface area contributed by atoms with E-state index in [1.165, 1.54) is 10.4 Å². The van der Waals surface area contributed by atoms with Crippen LogP contribution >= 0.6 is 11.6 Å². The minimum absolute atomic E-state index is 0.0208. The normalized spacial score (nSPS) is 17.7. The van der Waals surface area contributed by atoms with Gasteiger partial charge >= 0.3 is 0 Å². The van der Waals surface area contributed by atoms with Gasteiger partial charge in [0.25, 0.3) is 0 Å². The highest BCUT2D eigenvalue weighted by Crippen LogP contribution is 2.24. The first-order valence-corrected chi connectivity index (χ1v) is 9.31. The van der Waals surface area contributed by atoms with Crippen molar-refractivity contribution in [3.05, 3.63) is 29.3 Å². The minimum Gasteiger partial charge on any atom is -0.348 e. The van der Waals surface area contributed by atoms with E-state index in [2.05, 4.69) is 0 Å². The lowest BCUT2D eigenvalue weighted by Gasteiger charge is -2.22. The molecule has 1 amide bonds. The molecule has 0 saturated carbocycles. The summed E-state index contributed by atoms with van der Waals surface area (Å²) in [5.74, 6) is 0.0208. The molecule has 1 aromatic carbocycles. The highest BCUT2D eigenvalue weighted by Gasteiger charge is 2.28. The van der Waals surface area contributed by atoms with Crippen molar-refractivity contribution in [1.82, 2.24) is 14.1 Å². The predicted octanol–water partition coefficient (Wildman–Crippen LogP) is 1.12. The van der Waals surface area contributed by atoms with Crippen LogP contribution in [0.1, 0.15) is 6.42 Å². The summed E-state index contributed by atoms with van der Waals surface area (Å²) in [5.41, 5.74) is 0. The van der Waals surface area contributed by atoms with E-state index >= 15 is 0 Å². The first-order chi connectivity index (χ1) is 10.8. The Morgan fingerprint density at radius 1 is 1.17 bits per heavy atom. The highest BCUT2D eigenvalue weighted by molar-refractivity contribution is 7.89. The molecule has 1 saturated heterocycles. The number of amides is 1. The molecular weight excluding hydrogens is 338 g/mol. The Balaban J connectivity index is 2.08. The van der Waals surface area contributed by atoms with Gasteiger partial charge < -0.3 is 4.90 Å². The molecule has 1 fully saturated rings. The van der Waals surface area contributed by atoms with E-state index in [4.69, 9.17) is 11.6 Å². The molecule has 1 aliphatic rings. The topological polar surface area (TPSA) is 60.9 Å². The Morgan fingerprint density at radius 3 is 2.52 bits per heavy atom. The van der Waals surface area contributed by atoms with Gasteiger partial charge in [-0.25, -0.2) is 8.42 Å². The number of rotatable bonds is 4. The Hall–Kier alpha value is -1.15. The number of likely N-dealkylation sites (N-methyl/N-ethyl adjacent to an activating group) is 1. The van der Waals surface area contributed by atoms with Crippen molar-refractivity contribution in [2.75, 3.05) is 46.8 Å². The van der Waals surface area contributed by atoms with Gasteiger partial charge in [0.05, 0.1) is 11.6 Å². The van der Waals surface area contributed by atoms with E-state index < -0.39 is 10.0 Å². The molecule has 0 radical (unpaired) electrons. The van der Waals surface area contributed by atoms with Crippen LogP contribution in [0.15, 0.2) is 29.2 Å². The van der Waals surface area contributed by atoms with Gasteiger partial charge in [0.2, 0.25) is 15.9 Å². The third-order valence-electron chi connectivity index (χ3n) is 3.86. The van der Waals surface area contributed by atoms with Crippen molar-refractivity contribution in [2.45, 2.75) is 11.3 Å². The van der Waals surface area contributed by atoms with Crippen LogP contribution in [0.4, 0.5) is 0 Å². The van der Waals surface area contributed by atoms with Crippen molar-refractivity contribution in [3.63, 3.8) is 0 Å². The minimum atomic E-state index is -3.60. The predicted molar refractivity (Wildman–Crippen MR) is 90.0 cm³/mol. The van der Waals surface area contributed by atoms with Crippen molar-refractivity contribution in [2.24, 2.45) is 0 Å². The molecule has 128 valence electrons. The van der Waals surface area contributed by atoms with Gasteiger partial charge in [-0.15, -0.1) is 0 Å². The third kappa shape index (κ3) is 4.44. The zero-order valence-corrected chi connectivity index (χ0v) is 15.0. The van der Waals surface area contributed by atoms with Crippen LogP contribution in [0.25, 0.3) is 0 Å². The molecule has 0 aliphatic carbocycles. The first-order valence-electron chi connectivity index (χ1n) is 7.49. The Kier molecular flexibility index (Phi) is 6.02. The second-order valence-electron chi connectivity index (χ2n) is 5.75. The molecule has 1 heterocycles. The molecular formula is C15H22ClN3O3S. The Bertz CT molecular complexity index is 664. The number of carbonyl (C=O) groups excluding carboxylic acids is 1. The van der Waals surface area contributed by atoms with Gasteiger partial charge in [0.15, 0.2) is 0 Å². The van der Waals surface area contributed by atoms with E-state index in [1.54, 1.807) is 37.2 Å². The van der Waals surface area contributed by atoms with Gasteiger partial charge in [0.1, 0.15) is 4.90 Å². The Morgan fingerprint density at radius 2 is 1.87 bits per heavy atom. The van der Waals surface area contributed by atoms with Gasteiger partial charge in [0, 0.05) is 33.7 Å². The summed E-state index contributed by atoms with van der Waals surface area (Å²) in [5, 5.41) is 0.233.